The molecule has 26 heavy (non-hydrogen) atoms. The molecule has 136 valence electrons. The van der Waals surface area contributed by atoms with Crippen molar-refractivity contribution in [1.82, 2.24) is 14.9 Å². The second kappa shape index (κ2) is 6.74. The number of fused-ring (bicyclic) bond motifs is 1. The van der Waals surface area contributed by atoms with E-state index in [0.717, 1.165) is 46.2 Å². The minimum Gasteiger partial charge on any atom is -0.328 e. The van der Waals surface area contributed by atoms with Gasteiger partial charge in [0.05, 0.1) is 27.5 Å². The van der Waals surface area contributed by atoms with E-state index in [1.807, 2.05) is 23.1 Å². The lowest BCUT2D eigenvalue weighted by molar-refractivity contribution is 0.0616. The number of nitrogens with zero attached hydrogens (tertiary/aromatic N) is 3. The number of rotatable bonds is 2. The number of thiazole rings is 2. The van der Waals surface area contributed by atoms with Gasteiger partial charge in [-0.25, -0.2) is 9.97 Å². The molecule has 3 heterocycles. The first-order valence-corrected chi connectivity index (χ1v) is 10.7. The Bertz CT molecular complexity index is 905. The van der Waals surface area contributed by atoms with Crippen LogP contribution in [0, 0.1) is 0 Å². The van der Waals surface area contributed by atoms with Crippen LogP contribution in [0.2, 0.25) is 0 Å². The average Bonchev–Trinajstić information content (AvgIpc) is 3.28. The fourth-order valence-electron chi connectivity index (χ4n) is 3.33. The summed E-state index contributed by atoms with van der Waals surface area (Å²) < 4.78 is 1.19. The zero-order valence-corrected chi connectivity index (χ0v) is 17.0. The summed E-state index contributed by atoms with van der Waals surface area (Å²) in [5.41, 5.74) is 0.996. The van der Waals surface area contributed by atoms with Crippen LogP contribution in [0.15, 0.2) is 30.5 Å². The van der Waals surface area contributed by atoms with Crippen molar-refractivity contribution < 1.29 is 4.79 Å². The molecule has 4 rings (SSSR count). The van der Waals surface area contributed by atoms with E-state index >= 15 is 0 Å². The third-order valence-electron chi connectivity index (χ3n) is 4.72. The normalized spacial score (nSPS) is 18.4. The van der Waals surface area contributed by atoms with Gasteiger partial charge >= 0.3 is 0 Å². The van der Waals surface area contributed by atoms with Crippen molar-refractivity contribution in [3.63, 3.8) is 0 Å². The van der Waals surface area contributed by atoms with Gasteiger partial charge in [0.25, 0.3) is 5.91 Å². The second-order valence-corrected chi connectivity index (χ2v) is 9.90. The highest BCUT2D eigenvalue weighted by atomic mass is 32.1. The van der Waals surface area contributed by atoms with Crippen LogP contribution >= 0.6 is 22.7 Å². The predicted octanol–water partition coefficient (Wildman–Crippen LogP) is 5.42. The highest BCUT2D eigenvalue weighted by Gasteiger charge is 2.32. The topological polar surface area (TPSA) is 46.1 Å². The number of hydrogen-bond donors (Lipinski definition) is 0. The molecule has 0 spiro atoms. The summed E-state index contributed by atoms with van der Waals surface area (Å²) in [5, 5.41) is 2.06. The minimum absolute atomic E-state index is 0.0302. The molecule has 1 fully saturated rings. The Hall–Kier alpha value is -1.79. The van der Waals surface area contributed by atoms with Gasteiger partial charge in [0.15, 0.2) is 0 Å². The number of para-hydroxylation sites is 1. The standard InChI is InChI=1S/C20H23N3OS2/c1-20(2,3)19-21-12-16(26-19)18(24)23-11-7-6-9-14(23)17-22-13-8-4-5-10-15(13)25-17/h4-5,8,10,12,14H,6-7,9,11H2,1-3H3. The Morgan fingerprint density at radius 3 is 2.73 bits per heavy atom. The van der Waals surface area contributed by atoms with Crippen LogP contribution in [-0.2, 0) is 5.41 Å². The molecule has 6 heteroatoms. The maximum Gasteiger partial charge on any atom is 0.266 e. The Morgan fingerprint density at radius 1 is 1.19 bits per heavy atom. The summed E-state index contributed by atoms with van der Waals surface area (Å²) in [6.07, 6.45) is 4.92. The van der Waals surface area contributed by atoms with Gasteiger partial charge in [0.1, 0.15) is 9.88 Å². The zero-order chi connectivity index (χ0) is 18.3. The van der Waals surface area contributed by atoms with Gasteiger partial charge in [0.2, 0.25) is 0 Å². The first kappa shape index (κ1) is 17.6. The molecule has 1 aliphatic rings. The fraction of sp³-hybridized carbons (Fsp3) is 0.450. The molecule has 0 bridgehead atoms. The molecule has 1 unspecified atom stereocenters. The number of carbonyl (C=O) groups is 1. The molecule has 2 aromatic heterocycles. The van der Waals surface area contributed by atoms with Crippen LogP contribution in [0.25, 0.3) is 10.2 Å². The van der Waals surface area contributed by atoms with Crippen LogP contribution in [0.3, 0.4) is 0 Å². The summed E-state index contributed by atoms with van der Waals surface area (Å²) in [4.78, 5) is 25.3. The molecular formula is C20H23N3OS2. The number of aromatic nitrogens is 2. The fourth-order valence-corrected chi connectivity index (χ4v) is 5.37. The number of piperidine rings is 1. The first-order valence-electron chi connectivity index (χ1n) is 9.06. The summed E-state index contributed by atoms with van der Waals surface area (Å²) >= 11 is 3.24. The van der Waals surface area contributed by atoms with Crippen LogP contribution in [0.1, 0.15) is 65.8 Å². The minimum atomic E-state index is -0.0302. The smallest absolute Gasteiger partial charge is 0.266 e. The summed E-state index contributed by atoms with van der Waals surface area (Å²) in [7, 11) is 0. The molecule has 1 saturated heterocycles. The van der Waals surface area contributed by atoms with Crippen molar-refractivity contribution in [2.75, 3.05) is 6.54 Å². The van der Waals surface area contributed by atoms with Crippen LogP contribution in [-0.4, -0.2) is 27.3 Å². The van der Waals surface area contributed by atoms with Crippen molar-refractivity contribution in [2.45, 2.75) is 51.5 Å². The maximum atomic E-state index is 13.2. The van der Waals surface area contributed by atoms with Gasteiger partial charge in [-0.15, -0.1) is 22.7 Å². The van der Waals surface area contributed by atoms with E-state index in [0.29, 0.717) is 0 Å². The summed E-state index contributed by atoms with van der Waals surface area (Å²) in [5.74, 6) is 0.0990. The monoisotopic (exact) mass is 385 g/mol. The summed E-state index contributed by atoms with van der Waals surface area (Å²) in [6, 6.07) is 8.28. The van der Waals surface area contributed by atoms with Gasteiger partial charge in [-0.2, -0.15) is 0 Å². The van der Waals surface area contributed by atoms with E-state index in [2.05, 4.69) is 31.8 Å². The lowest BCUT2D eigenvalue weighted by atomic mass is 9.98. The molecule has 0 N–H and O–H groups in total. The zero-order valence-electron chi connectivity index (χ0n) is 15.4. The number of benzene rings is 1. The van der Waals surface area contributed by atoms with Gasteiger partial charge < -0.3 is 4.90 Å². The van der Waals surface area contributed by atoms with E-state index in [1.165, 1.54) is 16.0 Å². The Morgan fingerprint density at radius 2 is 2.00 bits per heavy atom. The van der Waals surface area contributed by atoms with Crippen LogP contribution < -0.4 is 0 Å². The van der Waals surface area contributed by atoms with E-state index in [-0.39, 0.29) is 17.4 Å². The third kappa shape index (κ3) is 3.28. The molecule has 4 nitrogen and oxygen atoms in total. The Labute approximate surface area is 161 Å². The SMILES string of the molecule is CC(C)(C)c1ncc(C(=O)N2CCCCC2c2nc3ccccc3s2)s1. The van der Waals surface area contributed by atoms with Crippen LogP contribution in [0.4, 0.5) is 0 Å². The quantitative estimate of drug-likeness (QED) is 0.592. The molecule has 0 saturated carbocycles. The van der Waals surface area contributed by atoms with Crippen molar-refractivity contribution >= 4 is 38.8 Å². The Balaban J connectivity index is 1.64. The molecular weight excluding hydrogens is 362 g/mol. The molecule has 3 aromatic rings. The first-order chi connectivity index (χ1) is 12.4. The molecule has 0 radical (unpaired) electrons. The Kier molecular flexibility index (Phi) is 4.57. The largest absolute Gasteiger partial charge is 0.328 e. The predicted molar refractivity (Wildman–Crippen MR) is 108 cm³/mol. The van der Waals surface area contributed by atoms with E-state index in [1.54, 1.807) is 17.5 Å². The second-order valence-electron chi connectivity index (χ2n) is 7.81. The highest BCUT2D eigenvalue weighted by molar-refractivity contribution is 7.18. The van der Waals surface area contributed by atoms with E-state index < -0.39 is 0 Å². The number of hydrogen-bond acceptors (Lipinski definition) is 5. The van der Waals surface area contributed by atoms with Gasteiger partial charge in [0, 0.05) is 12.0 Å². The number of amides is 1. The molecule has 1 aromatic carbocycles. The molecule has 0 aliphatic carbocycles. The van der Waals surface area contributed by atoms with Gasteiger partial charge in [-0.3, -0.25) is 4.79 Å². The molecule has 1 aliphatic heterocycles. The molecule has 1 atom stereocenters. The van der Waals surface area contributed by atoms with Gasteiger partial charge in [-0.1, -0.05) is 32.9 Å². The van der Waals surface area contributed by atoms with Gasteiger partial charge in [-0.05, 0) is 31.4 Å². The summed E-state index contributed by atoms with van der Waals surface area (Å²) in [6.45, 7) is 7.18. The van der Waals surface area contributed by atoms with E-state index in [9.17, 15) is 4.79 Å². The number of carbonyl (C=O) groups excluding carboxylic acids is 1. The lowest BCUT2D eigenvalue weighted by Gasteiger charge is -2.34. The van der Waals surface area contributed by atoms with Crippen molar-refractivity contribution in [1.29, 1.82) is 0 Å². The van der Waals surface area contributed by atoms with Crippen molar-refractivity contribution in [3.8, 4) is 0 Å². The van der Waals surface area contributed by atoms with E-state index in [4.69, 9.17) is 4.98 Å². The maximum absolute atomic E-state index is 13.2. The average molecular weight is 386 g/mol. The van der Waals surface area contributed by atoms with Crippen molar-refractivity contribution in [2.24, 2.45) is 0 Å². The molecule has 1 amide bonds. The highest BCUT2D eigenvalue weighted by Crippen LogP contribution is 2.37. The lowest BCUT2D eigenvalue weighted by Crippen LogP contribution is -2.38. The van der Waals surface area contributed by atoms with Crippen molar-refractivity contribution in [3.05, 3.63) is 45.4 Å². The third-order valence-corrected chi connectivity index (χ3v) is 7.27. The van der Waals surface area contributed by atoms with Crippen LogP contribution in [0.5, 0.6) is 0 Å². The number of likely N-dealkylation sites (tertiary alicyclic amines) is 1.